The van der Waals surface area contributed by atoms with Crippen LogP contribution in [0.5, 0.6) is 0 Å². The van der Waals surface area contributed by atoms with Gasteiger partial charge < -0.3 is 4.57 Å². The van der Waals surface area contributed by atoms with Crippen LogP contribution in [0.15, 0.2) is 123 Å². The Labute approximate surface area is 231 Å². The molecule has 6 rings (SSSR count). The van der Waals surface area contributed by atoms with Crippen LogP contribution in [-0.4, -0.2) is 4.57 Å². The molecular weight excluding hydrogens is 534 g/mol. The Hall–Kier alpha value is -3.27. The smallest absolute Gasteiger partial charge is 0.0541 e. The molecule has 1 aliphatic carbocycles. The fourth-order valence-corrected chi connectivity index (χ4v) is 6.30. The standard InChI is InChI=1S/C34H28BrNS/c1-22-7-13-28(14-8-22)36-32-17-11-26(20-30(32)31-21-27(35)12-18-33(31)36)25-5-4-6-34(24(3)19-25)37-29-15-9-23(2)10-16-29/h4,6-21H,5H2,1-3H3. The second-order valence-corrected chi connectivity index (χ2v) is 11.8. The van der Waals surface area contributed by atoms with Gasteiger partial charge in [-0.1, -0.05) is 87.4 Å². The van der Waals surface area contributed by atoms with Gasteiger partial charge in [0.05, 0.1) is 11.0 Å². The molecule has 0 amide bonds. The van der Waals surface area contributed by atoms with E-state index in [1.807, 2.05) is 11.8 Å². The Bertz CT molecular complexity index is 1730. The van der Waals surface area contributed by atoms with Crippen molar-refractivity contribution in [3.8, 4) is 5.69 Å². The topological polar surface area (TPSA) is 4.93 Å². The van der Waals surface area contributed by atoms with E-state index in [0.717, 1.165) is 10.9 Å². The van der Waals surface area contributed by atoms with Crippen LogP contribution in [0.4, 0.5) is 0 Å². The van der Waals surface area contributed by atoms with Gasteiger partial charge >= 0.3 is 0 Å². The van der Waals surface area contributed by atoms with Crippen molar-refractivity contribution in [3.05, 3.63) is 135 Å². The summed E-state index contributed by atoms with van der Waals surface area (Å²) in [6, 6.07) is 31.1. The van der Waals surface area contributed by atoms with Gasteiger partial charge in [-0.15, -0.1) is 0 Å². The Morgan fingerprint density at radius 3 is 2.11 bits per heavy atom. The molecule has 0 aliphatic heterocycles. The first-order valence-corrected chi connectivity index (χ1v) is 14.2. The van der Waals surface area contributed by atoms with E-state index in [2.05, 4.69) is 144 Å². The summed E-state index contributed by atoms with van der Waals surface area (Å²) in [6.45, 7) is 6.49. The molecule has 0 bridgehead atoms. The van der Waals surface area contributed by atoms with Gasteiger partial charge in [-0.05, 0) is 98.5 Å². The number of halogens is 1. The third kappa shape index (κ3) is 4.74. The zero-order chi connectivity index (χ0) is 25.5. The normalized spacial score (nSPS) is 13.9. The molecule has 1 aromatic heterocycles. The number of rotatable bonds is 4. The number of aromatic nitrogens is 1. The molecule has 0 atom stereocenters. The van der Waals surface area contributed by atoms with E-state index >= 15 is 0 Å². The van der Waals surface area contributed by atoms with Crippen molar-refractivity contribution in [1.82, 2.24) is 4.57 Å². The van der Waals surface area contributed by atoms with Gasteiger partial charge in [0.2, 0.25) is 0 Å². The Balaban J connectivity index is 1.45. The van der Waals surface area contributed by atoms with Crippen LogP contribution < -0.4 is 0 Å². The summed E-state index contributed by atoms with van der Waals surface area (Å²) < 4.78 is 3.48. The molecule has 1 aliphatic rings. The number of aryl methyl sites for hydroxylation is 2. The van der Waals surface area contributed by atoms with E-state index in [1.165, 1.54) is 65.1 Å². The van der Waals surface area contributed by atoms with Crippen molar-refractivity contribution in [1.29, 1.82) is 0 Å². The maximum atomic E-state index is 3.71. The molecule has 5 aromatic rings. The van der Waals surface area contributed by atoms with Crippen molar-refractivity contribution in [3.63, 3.8) is 0 Å². The number of thioether (sulfide) groups is 1. The van der Waals surface area contributed by atoms with Gasteiger partial charge in [0.1, 0.15) is 0 Å². The molecule has 0 fully saturated rings. The molecule has 0 radical (unpaired) electrons. The number of hydrogen-bond acceptors (Lipinski definition) is 1. The zero-order valence-electron chi connectivity index (χ0n) is 21.3. The second-order valence-electron chi connectivity index (χ2n) is 9.80. The second kappa shape index (κ2) is 9.89. The highest BCUT2D eigenvalue weighted by Crippen LogP contribution is 2.38. The molecule has 0 unspecified atom stereocenters. The SMILES string of the molecule is CC1=C(Sc2ccc(C)cc2)C=CCC(c2ccc3c(c2)c2cc(Br)ccc2n3-c2ccc(C)cc2)=C1. The van der Waals surface area contributed by atoms with E-state index in [9.17, 15) is 0 Å². The lowest BCUT2D eigenvalue weighted by Gasteiger charge is -2.10. The van der Waals surface area contributed by atoms with Gasteiger partial charge in [-0.2, -0.15) is 0 Å². The van der Waals surface area contributed by atoms with Crippen molar-refractivity contribution < 1.29 is 0 Å². The lowest BCUT2D eigenvalue weighted by atomic mass is 9.99. The van der Waals surface area contributed by atoms with Gasteiger partial charge in [0, 0.05) is 30.7 Å². The molecule has 1 heterocycles. The van der Waals surface area contributed by atoms with Crippen molar-refractivity contribution >= 4 is 55.1 Å². The fraction of sp³-hybridized carbons (Fsp3) is 0.118. The van der Waals surface area contributed by atoms with Gasteiger partial charge in [-0.25, -0.2) is 0 Å². The van der Waals surface area contributed by atoms with E-state index in [0.29, 0.717) is 0 Å². The molecule has 0 spiro atoms. The third-order valence-electron chi connectivity index (χ3n) is 7.03. The number of benzene rings is 4. The summed E-state index contributed by atoms with van der Waals surface area (Å²) in [5, 5.41) is 2.54. The molecule has 0 saturated carbocycles. The monoisotopic (exact) mass is 561 g/mol. The average Bonchev–Trinajstić information content (AvgIpc) is 3.09. The van der Waals surface area contributed by atoms with E-state index in [4.69, 9.17) is 0 Å². The Morgan fingerprint density at radius 2 is 1.38 bits per heavy atom. The van der Waals surface area contributed by atoms with Gasteiger partial charge in [0.25, 0.3) is 0 Å². The minimum absolute atomic E-state index is 0.918. The minimum Gasteiger partial charge on any atom is -0.309 e. The maximum Gasteiger partial charge on any atom is 0.0541 e. The van der Waals surface area contributed by atoms with Crippen LogP contribution in [0.1, 0.15) is 30.0 Å². The van der Waals surface area contributed by atoms with Gasteiger partial charge in [0.15, 0.2) is 0 Å². The number of nitrogens with zero attached hydrogens (tertiary/aromatic N) is 1. The summed E-state index contributed by atoms with van der Waals surface area (Å²) >= 11 is 5.55. The van der Waals surface area contributed by atoms with Crippen LogP contribution in [0.25, 0.3) is 33.1 Å². The first-order chi connectivity index (χ1) is 18.0. The summed E-state index contributed by atoms with van der Waals surface area (Å²) in [6.07, 6.45) is 7.87. The molecule has 1 nitrogen and oxygen atoms in total. The summed E-state index contributed by atoms with van der Waals surface area (Å²) in [5.41, 5.74) is 10.1. The summed E-state index contributed by atoms with van der Waals surface area (Å²) in [4.78, 5) is 2.58. The molecule has 0 saturated heterocycles. The highest BCUT2D eigenvalue weighted by Gasteiger charge is 2.15. The molecule has 4 aromatic carbocycles. The zero-order valence-corrected chi connectivity index (χ0v) is 23.7. The third-order valence-corrected chi connectivity index (χ3v) is 8.70. The molecule has 0 N–H and O–H groups in total. The highest BCUT2D eigenvalue weighted by atomic mass is 79.9. The van der Waals surface area contributed by atoms with Crippen LogP contribution >= 0.6 is 27.7 Å². The fourth-order valence-electron chi connectivity index (χ4n) is 5.03. The van der Waals surface area contributed by atoms with Crippen LogP contribution in [0, 0.1) is 13.8 Å². The van der Waals surface area contributed by atoms with E-state index in [-0.39, 0.29) is 0 Å². The van der Waals surface area contributed by atoms with Crippen LogP contribution in [0.3, 0.4) is 0 Å². The summed E-state index contributed by atoms with van der Waals surface area (Å²) in [5.74, 6) is 0. The average molecular weight is 563 g/mol. The Kier molecular flexibility index (Phi) is 6.44. The minimum atomic E-state index is 0.918. The van der Waals surface area contributed by atoms with E-state index in [1.54, 1.807) is 0 Å². The number of fused-ring (bicyclic) bond motifs is 3. The van der Waals surface area contributed by atoms with Crippen molar-refractivity contribution in [2.24, 2.45) is 0 Å². The van der Waals surface area contributed by atoms with E-state index < -0.39 is 0 Å². The van der Waals surface area contributed by atoms with Crippen LogP contribution in [-0.2, 0) is 0 Å². The van der Waals surface area contributed by atoms with Crippen molar-refractivity contribution in [2.45, 2.75) is 32.1 Å². The number of hydrogen-bond donors (Lipinski definition) is 0. The predicted molar refractivity (Wildman–Crippen MR) is 165 cm³/mol. The Morgan fingerprint density at radius 1 is 0.730 bits per heavy atom. The molecular formula is C34H28BrNS. The van der Waals surface area contributed by atoms with Crippen LogP contribution in [0.2, 0.25) is 0 Å². The molecule has 182 valence electrons. The molecule has 3 heteroatoms. The first-order valence-electron chi connectivity index (χ1n) is 12.6. The largest absolute Gasteiger partial charge is 0.309 e. The van der Waals surface area contributed by atoms with Gasteiger partial charge in [-0.3, -0.25) is 0 Å². The highest BCUT2D eigenvalue weighted by molar-refractivity contribution is 9.10. The van der Waals surface area contributed by atoms with Crippen molar-refractivity contribution in [2.75, 3.05) is 0 Å². The lowest BCUT2D eigenvalue weighted by molar-refractivity contribution is 1.17. The summed E-state index contributed by atoms with van der Waals surface area (Å²) in [7, 11) is 0. The maximum absolute atomic E-state index is 3.71. The lowest BCUT2D eigenvalue weighted by Crippen LogP contribution is -1.94. The quantitative estimate of drug-likeness (QED) is 0.211. The predicted octanol–water partition coefficient (Wildman–Crippen LogP) is 10.6. The number of allylic oxidation sites excluding steroid dienone is 5. The first kappa shape index (κ1) is 24.1. The molecule has 37 heavy (non-hydrogen) atoms.